The SMILES string of the molecule is COc1cccc(C(=O)N2C[C@H](C(=O)NCC(C)C)[C@H](c3ccc(OC)cc3OC)C2)c1. The predicted molar refractivity (Wildman–Crippen MR) is 123 cm³/mol. The highest BCUT2D eigenvalue weighted by molar-refractivity contribution is 5.95. The molecule has 0 aliphatic carbocycles. The minimum absolute atomic E-state index is 0.0532. The molecule has 7 heteroatoms. The van der Waals surface area contributed by atoms with Gasteiger partial charge in [-0.3, -0.25) is 9.59 Å². The molecule has 3 rings (SSSR count). The lowest BCUT2D eigenvalue weighted by molar-refractivity contribution is -0.125. The Bertz CT molecular complexity index is 959. The third kappa shape index (κ3) is 5.15. The Hall–Kier alpha value is -3.22. The zero-order valence-corrected chi connectivity index (χ0v) is 19.4. The van der Waals surface area contributed by atoms with Crippen molar-refractivity contribution in [3.8, 4) is 17.2 Å². The fourth-order valence-electron chi connectivity index (χ4n) is 4.05. The van der Waals surface area contributed by atoms with Crippen molar-refractivity contribution in [2.75, 3.05) is 41.0 Å². The molecule has 0 aromatic heterocycles. The van der Waals surface area contributed by atoms with Crippen molar-refractivity contribution in [2.24, 2.45) is 11.8 Å². The first kappa shape index (κ1) is 23.4. The number of ether oxygens (including phenoxy) is 3. The highest BCUT2D eigenvalue weighted by Gasteiger charge is 2.41. The van der Waals surface area contributed by atoms with Crippen LogP contribution in [0.2, 0.25) is 0 Å². The largest absolute Gasteiger partial charge is 0.497 e. The normalized spacial score (nSPS) is 17.9. The number of nitrogens with zero attached hydrogens (tertiary/aromatic N) is 1. The van der Waals surface area contributed by atoms with E-state index < -0.39 is 0 Å². The highest BCUT2D eigenvalue weighted by atomic mass is 16.5. The Balaban J connectivity index is 1.92. The van der Waals surface area contributed by atoms with Gasteiger partial charge in [-0.1, -0.05) is 26.0 Å². The molecule has 32 heavy (non-hydrogen) atoms. The Labute approximate surface area is 189 Å². The molecule has 2 aromatic carbocycles. The fourth-order valence-corrected chi connectivity index (χ4v) is 4.05. The van der Waals surface area contributed by atoms with E-state index in [4.69, 9.17) is 14.2 Å². The lowest BCUT2D eigenvalue weighted by Gasteiger charge is -2.21. The second-order valence-electron chi connectivity index (χ2n) is 8.40. The standard InChI is InChI=1S/C25H32N2O5/c1-16(2)13-26-24(28)22-15-27(25(29)17-7-6-8-18(11-17)30-3)14-21(22)20-10-9-19(31-4)12-23(20)32-5/h6-12,16,21-22H,13-15H2,1-5H3,(H,26,28)/t21-,22-/m0/s1. The molecule has 0 unspecified atom stereocenters. The molecular weight excluding hydrogens is 408 g/mol. The third-order valence-corrected chi connectivity index (χ3v) is 5.79. The van der Waals surface area contributed by atoms with E-state index in [9.17, 15) is 9.59 Å². The van der Waals surface area contributed by atoms with E-state index in [1.165, 1.54) is 0 Å². The quantitative estimate of drug-likeness (QED) is 0.681. The summed E-state index contributed by atoms with van der Waals surface area (Å²) in [6.45, 7) is 5.44. The topological polar surface area (TPSA) is 77.1 Å². The van der Waals surface area contributed by atoms with Crippen molar-refractivity contribution >= 4 is 11.8 Å². The molecule has 1 saturated heterocycles. The number of methoxy groups -OCH3 is 3. The molecule has 0 spiro atoms. The van der Waals surface area contributed by atoms with Gasteiger partial charge < -0.3 is 24.4 Å². The van der Waals surface area contributed by atoms with Crippen molar-refractivity contribution < 1.29 is 23.8 Å². The first-order valence-electron chi connectivity index (χ1n) is 10.8. The van der Waals surface area contributed by atoms with Crippen molar-refractivity contribution in [1.82, 2.24) is 10.2 Å². The maximum Gasteiger partial charge on any atom is 0.254 e. The molecule has 1 N–H and O–H groups in total. The van der Waals surface area contributed by atoms with Gasteiger partial charge in [0.1, 0.15) is 17.2 Å². The summed E-state index contributed by atoms with van der Waals surface area (Å²) in [4.78, 5) is 28.1. The monoisotopic (exact) mass is 440 g/mol. The van der Waals surface area contributed by atoms with Crippen molar-refractivity contribution in [3.63, 3.8) is 0 Å². The van der Waals surface area contributed by atoms with Gasteiger partial charge in [0, 0.05) is 42.7 Å². The smallest absolute Gasteiger partial charge is 0.254 e. The second kappa shape index (κ2) is 10.4. The Kier molecular flexibility index (Phi) is 7.62. The molecular formula is C25H32N2O5. The zero-order valence-electron chi connectivity index (χ0n) is 19.4. The Morgan fingerprint density at radius 1 is 1.00 bits per heavy atom. The van der Waals surface area contributed by atoms with Crippen molar-refractivity contribution in [2.45, 2.75) is 19.8 Å². The van der Waals surface area contributed by atoms with Crippen LogP contribution in [-0.2, 0) is 4.79 Å². The molecule has 0 saturated carbocycles. The van der Waals surface area contributed by atoms with Crippen LogP contribution in [0.4, 0.5) is 0 Å². The molecule has 2 atom stereocenters. The highest BCUT2D eigenvalue weighted by Crippen LogP contribution is 2.39. The number of rotatable bonds is 8. The number of hydrogen-bond acceptors (Lipinski definition) is 5. The van der Waals surface area contributed by atoms with Crippen LogP contribution in [0.15, 0.2) is 42.5 Å². The molecule has 1 fully saturated rings. The summed E-state index contributed by atoms with van der Waals surface area (Å²) in [6, 6.07) is 12.7. The molecule has 7 nitrogen and oxygen atoms in total. The van der Waals surface area contributed by atoms with Crippen LogP contribution in [0.5, 0.6) is 17.2 Å². The van der Waals surface area contributed by atoms with E-state index in [2.05, 4.69) is 19.2 Å². The number of likely N-dealkylation sites (tertiary alicyclic amines) is 1. The van der Waals surface area contributed by atoms with Crippen molar-refractivity contribution in [3.05, 3.63) is 53.6 Å². The van der Waals surface area contributed by atoms with Gasteiger partial charge in [0.15, 0.2) is 0 Å². The van der Waals surface area contributed by atoms with E-state index in [0.29, 0.717) is 48.4 Å². The minimum atomic E-state index is -0.384. The van der Waals surface area contributed by atoms with E-state index in [1.54, 1.807) is 50.5 Å². The van der Waals surface area contributed by atoms with E-state index in [0.717, 1.165) is 5.56 Å². The lowest BCUT2D eigenvalue weighted by Crippen LogP contribution is -2.37. The van der Waals surface area contributed by atoms with E-state index >= 15 is 0 Å². The van der Waals surface area contributed by atoms with Gasteiger partial charge in [0.2, 0.25) is 5.91 Å². The van der Waals surface area contributed by atoms with E-state index in [-0.39, 0.29) is 23.7 Å². The molecule has 1 heterocycles. The lowest BCUT2D eigenvalue weighted by atomic mass is 9.87. The fraction of sp³-hybridized carbons (Fsp3) is 0.440. The maximum atomic E-state index is 13.3. The summed E-state index contributed by atoms with van der Waals surface area (Å²) in [6.07, 6.45) is 0. The van der Waals surface area contributed by atoms with Crippen LogP contribution in [0.1, 0.15) is 35.7 Å². The van der Waals surface area contributed by atoms with Gasteiger partial charge in [-0.15, -0.1) is 0 Å². The number of hydrogen-bond donors (Lipinski definition) is 1. The molecule has 1 aliphatic rings. The van der Waals surface area contributed by atoms with Gasteiger partial charge >= 0.3 is 0 Å². The summed E-state index contributed by atoms with van der Waals surface area (Å²) in [7, 11) is 4.77. The number of amides is 2. The molecule has 0 radical (unpaired) electrons. The summed E-state index contributed by atoms with van der Waals surface area (Å²) in [5.74, 6) is 1.52. The van der Waals surface area contributed by atoms with Crippen LogP contribution in [-0.4, -0.2) is 57.7 Å². The Morgan fingerprint density at radius 3 is 2.38 bits per heavy atom. The zero-order chi connectivity index (χ0) is 23.3. The van der Waals surface area contributed by atoms with Gasteiger partial charge in [-0.2, -0.15) is 0 Å². The van der Waals surface area contributed by atoms with Gasteiger partial charge in [-0.25, -0.2) is 0 Å². The number of nitrogens with one attached hydrogen (secondary N) is 1. The third-order valence-electron chi connectivity index (χ3n) is 5.79. The first-order valence-corrected chi connectivity index (χ1v) is 10.8. The number of carbonyl (C=O) groups is 2. The van der Waals surface area contributed by atoms with Crippen molar-refractivity contribution in [1.29, 1.82) is 0 Å². The van der Waals surface area contributed by atoms with Crippen LogP contribution in [0.3, 0.4) is 0 Å². The predicted octanol–water partition coefficient (Wildman–Crippen LogP) is 3.34. The summed E-state index contributed by atoms with van der Waals surface area (Å²) in [5.41, 5.74) is 1.42. The molecule has 1 aliphatic heterocycles. The van der Waals surface area contributed by atoms with Gasteiger partial charge in [-0.05, 0) is 30.2 Å². The second-order valence-corrected chi connectivity index (χ2v) is 8.40. The van der Waals surface area contributed by atoms with Crippen LogP contribution in [0.25, 0.3) is 0 Å². The van der Waals surface area contributed by atoms with Crippen LogP contribution >= 0.6 is 0 Å². The Morgan fingerprint density at radius 2 is 1.72 bits per heavy atom. The minimum Gasteiger partial charge on any atom is -0.497 e. The average molecular weight is 441 g/mol. The van der Waals surface area contributed by atoms with Crippen LogP contribution in [0, 0.1) is 11.8 Å². The summed E-state index contributed by atoms with van der Waals surface area (Å²) in [5, 5.41) is 3.04. The van der Waals surface area contributed by atoms with Crippen LogP contribution < -0.4 is 19.5 Å². The van der Waals surface area contributed by atoms with E-state index in [1.807, 2.05) is 18.2 Å². The number of carbonyl (C=O) groups excluding carboxylic acids is 2. The summed E-state index contributed by atoms with van der Waals surface area (Å²) < 4.78 is 16.2. The summed E-state index contributed by atoms with van der Waals surface area (Å²) >= 11 is 0. The van der Waals surface area contributed by atoms with Gasteiger partial charge in [0.25, 0.3) is 5.91 Å². The average Bonchev–Trinajstić information content (AvgIpc) is 3.26. The molecule has 2 amide bonds. The molecule has 172 valence electrons. The van der Waals surface area contributed by atoms with Gasteiger partial charge in [0.05, 0.1) is 27.2 Å². The molecule has 2 aromatic rings. The molecule has 0 bridgehead atoms. The maximum absolute atomic E-state index is 13.3. The first-order chi connectivity index (χ1) is 15.4. The number of benzene rings is 2.